The molecule has 31 heavy (non-hydrogen) atoms. The van der Waals surface area contributed by atoms with E-state index in [1.54, 1.807) is 36.3 Å². The first kappa shape index (κ1) is 22.7. The van der Waals surface area contributed by atoms with Crippen molar-refractivity contribution < 1.29 is 19.1 Å². The van der Waals surface area contributed by atoms with Crippen LogP contribution in [-0.4, -0.2) is 58.6 Å². The zero-order valence-corrected chi connectivity index (χ0v) is 18.9. The van der Waals surface area contributed by atoms with Gasteiger partial charge in [0.1, 0.15) is 10.8 Å². The Labute approximate surface area is 185 Å². The molecule has 1 unspecified atom stereocenters. The Kier molecular flexibility index (Phi) is 6.89. The molecule has 2 heterocycles. The van der Waals surface area contributed by atoms with Gasteiger partial charge in [0.05, 0.1) is 13.0 Å². The molecule has 1 aliphatic heterocycles. The van der Waals surface area contributed by atoms with E-state index in [9.17, 15) is 14.4 Å². The number of ether oxygens (including phenoxy) is 1. The Hall–Kier alpha value is -3.01. The van der Waals surface area contributed by atoms with E-state index in [2.05, 4.69) is 20.8 Å². The lowest BCUT2D eigenvalue weighted by Gasteiger charge is -2.31. The SMILES string of the molecule is COc1cccc(C(=O)NCCc2nnc(NC(=O)C3CC(=O)N(C(C)(C)C)C3)s2)c1. The Morgan fingerprint density at radius 2 is 2.06 bits per heavy atom. The molecule has 2 aromatic rings. The molecule has 10 heteroatoms. The molecule has 0 bridgehead atoms. The number of amides is 3. The van der Waals surface area contributed by atoms with Crippen LogP contribution < -0.4 is 15.4 Å². The number of nitrogens with one attached hydrogen (secondary N) is 2. The summed E-state index contributed by atoms with van der Waals surface area (Å²) in [6, 6.07) is 6.91. The number of likely N-dealkylation sites (tertiary alicyclic amines) is 1. The monoisotopic (exact) mass is 445 g/mol. The second kappa shape index (κ2) is 9.42. The van der Waals surface area contributed by atoms with E-state index in [4.69, 9.17) is 4.74 Å². The number of carbonyl (C=O) groups is 3. The maximum atomic E-state index is 12.5. The lowest BCUT2D eigenvalue weighted by atomic mass is 10.1. The first-order valence-corrected chi connectivity index (χ1v) is 10.8. The van der Waals surface area contributed by atoms with E-state index < -0.39 is 5.92 Å². The Morgan fingerprint density at radius 1 is 1.29 bits per heavy atom. The molecular weight excluding hydrogens is 418 g/mol. The van der Waals surface area contributed by atoms with Crippen molar-refractivity contribution in [1.82, 2.24) is 20.4 Å². The largest absolute Gasteiger partial charge is 0.497 e. The predicted molar refractivity (Wildman–Crippen MR) is 117 cm³/mol. The van der Waals surface area contributed by atoms with Crippen LogP contribution in [-0.2, 0) is 16.0 Å². The maximum Gasteiger partial charge on any atom is 0.251 e. The van der Waals surface area contributed by atoms with Crippen molar-refractivity contribution in [2.75, 3.05) is 25.5 Å². The summed E-state index contributed by atoms with van der Waals surface area (Å²) in [5.41, 5.74) is 0.206. The van der Waals surface area contributed by atoms with E-state index in [0.29, 0.717) is 41.0 Å². The Balaban J connectivity index is 1.47. The molecule has 1 aromatic carbocycles. The van der Waals surface area contributed by atoms with Gasteiger partial charge in [0.15, 0.2) is 0 Å². The number of aromatic nitrogens is 2. The molecule has 0 spiro atoms. The first-order chi connectivity index (χ1) is 14.7. The predicted octanol–water partition coefficient (Wildman–Crippen LogP) is 2.10. The van der Waals surface area contributed by atoms with Gasteiger partial charge in [-0.15, -0.1) is 10.2 Å². The van der Waals surface area contributed by atoms with E-state index in [-0.39, 0.29) is 29.7 Å². The van der Waals surface area contributed by atoms with E-state index in [1.165, 1.54) is 11.3 Å². The number of rotatable bonds is 7. The smallest absolute Gasteiger partial charge is 0.251 e. The minimum absolute atomic E-state index is 0.0163. The van der Waals surface area contributed by atoms with Gasteiger partial charge in [-0.2, -0.15) is 0 Å². The third-order valence-electron chi connectivity index (χ3n) is 4.96. The summed E-state index contributed by atoms with van der Waals surface area (Å²) in [5.74, 6) is -0.231. The van der Waals surface area contributed by atoms with Crippen LogP contribution in [0.3, 0.4) is 0 Å². The topological polar surface area (TPSA) is 114 Å². The summed E-state index contributed by atoms with van der Waals surface area (Å²) < 4.78 is 5.13. The van der Waals surface area contributed by atoms with Gasteiger partial charge in [0.2, 0.25) is 16.9 Å². The molecule has 1 fully saturated rings. The van der Waals surface area contributed by atoms with Crippen LogP contribution >= 0.6 is 11.3 Å². The molecule has 1 aromatic heterocycles. The van der Waals surface area contributed by atoms with Gasteiger partial charge in [-0.05, 0) is 39.0 Å². The highest BCUT2D eigenvalue weighted by molar-refractivity contribution is 7.15. The van der Waals surface area contributed by atoms with Crippen molar-refractivity contribution >= 4 is 34.2 Å². The average Bonchev–Trinajstić information content (AvgIpc) is 3.34. The lowest BCUT2D eigenvalue weighted by molar-refractivity contribution is -0.131. The number of anilines is 1. The summed E-state index contributed by atoms with van der Waals surface area (Å²) in [6.07, 6.45) is 0.689. The molecule has 166 valence electrons. The fraction of sp³-hybridized carbons (Fsp3) is 0.476. The van der Waals surface area contributed by atoms with Crippen molar-refractivity contribution in [3.63, 3.8) is 0 Å². The molecule has 0 saturated carbocycles. The molecule has 1 atom stereocenters. The van der Waals surface area contributed by atoms with E-state index in [0.717, 1.165) is 0 Å². The number of benzene rings is 1. The normalized spacial score (nSPS) is 16.3. The van der Waals surface area contributed by atoms with Crippen LogP contribution in [0, 0.1) is 5.92 Å². The summed E-state index contributed by atoms with van der Waals surface area (Å²) in [7, 11) is 1.55. The maximum absolute atomic E-state index is 12.5. The number of hydrogen-bond donors (Lipinski definition) is 2. The first-order valence-electron chi connectivity index (χ1n) is 10.0. The molecular formula is C21H27N5O4S. The van der Waals surface area contributed by atoms with Crippen LogP contribution in [0.15, 0.2) is 24.3 Å². The van der Waals surface area contributed by atoms with Gasteiger partial charge in [-0.25, -0.2) is 0 Å². The van der Waals surface area contributed by atoms with Gasteiger partial charge < -0.3 is 20.3 Å². The van der Waals surface area contributed by atoms with E-state index >= 15 is 0 Å². The molecule has 2 N–H and O–H groups in total. The van der Waals surface area contributed by atoms with Crippen LogP contribution in [0.2, 0.25) is 0 Å². The quantitative estimate of drug-likeness (QED) is 0.675. The van der Waals surface area contributed by atoms with Crippen molar-refractivity contribution in [2.45, 2.75) is 39.2 Å². The number of nitrogens with zero attached hydrogens (tertiary/aromatic N) is 3. The minimum atomic E-state index is -0.402. The third kappa shape index (κ3) is 5.78. The van der Waals surface area contributed by atoms with E-state index in [1.807, 2.05) is 20.8 Å². The highest BCUT2D eigenvalue weighted by Gasteiger charge is 2.39. The number of methoxy groups -OCH3 is 1. The summed E-state index contributed by atoms with van der Waals surface area (Å²) in [5, 5.41) is 14.7. The molecule has 0 aliphatic carbocycles. The van der Waals surface area contributed by atoms with Gasteiger partial charge >= 0.3 is 0 Å². The van der Waals surface area contributed by atoms with Gasteiger partial charge in [0.25, 0.3) is 5.91 Å². The van der Waals surface area contributed by atoms with Crippen molar-refractivity contribution in [3.05, 3.63) is 34.8 Å². The second-order valence-electron chi connectivity index (χ2n) is 8.30. The summed E-state index contributed by atoms with van der Waals surface area (Å²) in [6.45, 7) is 6.65. The molecule has 9 nitrogen and oxygen atoms in total. The van der Waals surface area contributed by atoms with Crippen molar-refractivity contribution in [1.29, 1.82) is 0 Å². The second-order valence-corrected chi connectivity index (χ2v) is 9.37. The highest BCUT2D eigenvalue weighted by Crippen LogP contribution is 2.27. The van der Waals surface area contributed by atoms with Crippen LogP contribution in [0.1, 0.15) is 42.6 Å². The van der Waals surface area contributed by atoms with Gasteiger partial charge in [-0.3, -0.25) is 14.4 Å². The molecule has 3 rings (SSSR count). The molecule has 3 amide bonds. The summed E-state index contributed by atoms with van der Waals surface area (Å²) >= 11 is 1.26. The summed E-state index contributed by atoms with van der Waals surface area (Å²) in [4.78, 5) is 38.7. The molecule has 1 saturated heterocycles. The fourth-order valence-corrected chi connectivity index (χ4v) is 4.04. The standard InChI is InChI=1S/C21H27N5O4S/c1-21(2,3)26-12-14(11-17(26)27)19(29)23-20-25-24-16(31-20)8-9-22-18(28)13-6-5-7-15(10-13)30-4/h5-7,10,14H,8-9,11-12H2,1-4H3,(H,22,28)(H,23,25,29). The average molecular weight is 446 g/mol. The minimum Gasteiger partial charge on any atom is -0.497 e. The Morgan fingerprint density at radius 3 is 2.74 bits per heavy atom. The fourth-order valence-electron chi connectivity index (χ4n) is 3.29. The molecule has 1 aliphatic rings. The van der Waals surface area contributed by atoms with Crippen molar-refractivity contribution in [2.24, 2.45) is 5.92 Å². The van der Waals surface area contributed by atoms with Crippen LogP contribution in [0.4, 0.5) is 5.13 Å². The van der Waals surface area contributed by atoms with Gasteiger partial charge in [0, 0.05) is 37.0 Å². The highest BCUT2D eigenvalue weighted by atomic mass is 32.1. The van der Waals surface area contributed by atoms with Gasteiger partial charge in [-0.1, -0.05) is 17.4 Å². The molecule has 0 radical (unpaired) electrons. The van der Waals surface area contributed by atoms with Crippen molar-refractivity contribution in [3.8, 4) is 5.75 Å². The van der Waals surface area contributed by atoms with Crippen LogP contribution in [0.5, 0.6) is 5.75 Å². The lowest BCUT2D eigenvalue weighted by Crippen LogP contribution is -2.42. The zero-order chi connectivity index (χ0) is 22.6. The Bertz CT molecular complexity index is 969. The van der Waals surface area contributed by atoms with Crippen LogP contribution in [0.25, 0.3) is 0 Å². The third-order valence-corrected chi connectivity index (χ3v) is 5.86. The number of carbonyl (C=O) groups excluding carboxylic acids is 3. The zero-order valence-electron chi connectivity index (χ0n) is 18.1. The number of hydrogen-bond acceptors (Lipinski definition) is 7.